The number of hydrogen-bond donors (Lipinski definition) is 2. The Morgan fingerprint density at radius 3 is 2.43 bits per heavy atom. The first kappa shape index (κ1) is 17.4. The Hall–Kier alpha value is -1.67. The minimum absolute atomic E-state index is 0.0554. The normalized spacial score (nSPS) is 14.6. The summed E-state index contributed by atoms with van der Waals surface area (Å²) < 4.78 is 55.3. The second-order valence-electron chi connectivity index (χ2n) is 4.29. The lowest BCUT2D eigenvalue weighted by Gasteiger charge is -2.19. The summed E-state index contributed by atoms with van der Waals surface area (Å²) in [6, 6.07) is 1.45. The largest absolute Gasteiger partial charge is 0.466 e. The zero-order chi connectivity index (χ0) is 16.2. The van der Waals surface area contributed by atoms with Gasteiger partial charge < -0.3 is 14.9 Å². The summed E-state index contributed by atoms with van der Waals surface area (Å²) >= 11 is 0. The zero-order valence-electron chi connectivity index (χ0n) is 11.0. The Morgan fingerprint density at radius 1 is 1.29 bits per heavy atom. The van der Waals surface area contributed by atoms with Gasteiger partial charge in [-0.05, 0) is 30.7 Å². The van der Waals surface area contributed by atoms with Crippen LogP contribution >= 0.6 is 0 Å². The fourth-order valence-corrected chi connectivity index (χ4v) is 1.67. The van der Waals surface area contributed by atoms with E-state index >= 15 is 0 Å². The van der Waals surface area contributed by atoms with E-state index in [1.807, 2.05) is 0 Å². The van der Waals surface area contributed by atoms with Gasteiger partial charge >= 0.3 is 12.1 Å². The topological polar surface area (TPSA) is 66.8 Å². The van der Waals surface area contributed by atoms with Gasteiger partial charge in [-0.3, -0.25) is 4.79 Å². The highest BCUT2D eigenvalue weighted by Gasteiger charge is 2.33. The average molecular weight is 310 g/mol. The molecule has 2 N–H and O–H groups in total. The summed E-state index contributed by atoms with van der Waals surface area (Å²) in [5.74, 6) is -2.03. The lowest BCUT2D eigenvalue weighted by atomic mass is 9.99. The number of aliphatic hydroxyl groups excluding tert-OH is 2. The molecule has 0 amide bonds. The second-order valence-corrected chi connectivity index (χ2v) is 4.29. The van der Waals surface area contributed by atoms with Gasteiger partial charge in [-0.2, -0.15) is 13.2 Å². The van der Waals surface area contributed by atoms with E-state index in [-0.39, 0.29) is 12.7 Å². The maximum atomic E-state index is 13.2. The molecule has 21 heavy (non-hydrogen) atoms. The molecule has 118 valence electrons. The summed E-state index contributed by atoms with van der Waals surface area (Å²) in [5.41, 5.74) is -1.76. The van der Waals surface area contributed by atoms with Crippen LogP contribution in [0.25, 0.3) is 0 Å². The lowest BCUT2D eigenvalue weighted by Crippen LogP contribution is -2.23. The molecule has 0 fully saturated rings. The van der Waals surface area contributed by atoms with Gasteiger partial charge in [0.15, 0.2) is 0 Å². The van der Waals surface area contributed by atoms with Crippen LogP contribution in [0.4, 0.5) is 17.6 Å². The number of ether oxygens (including phenoxy) is 1. The Balaban J connectivity index is 2.94. The summed E-state index contributed by atoms with van der Waals surface area (Å²) in [6.45, 7) is 1.59. The quantitative estimate of drug-likeness (QED) is 0.646. The molecule has 0 aliphatic rings. The molecule has 0 bridgehead atoms. The van der Waals surface area contributed by atoms with Crippen molar-refractivity contribution in [1.82, 2.24) is 0 Å². The molecule has 0 heterocycles. The molecule has 1 aromatic rings. The molecule has 0 aliphatic carbocycles. The van der Waals surface area contributed by atoms with Crippen molar-refractivity contribution in [3.05, 3.63) is 35.1 Å². The Labute approximate surface area is 118 Å². The highest BCUT2D eigenvalue weighted by molar-refractivity contribution is 5.70. The molecule has 1 rings (SSSR count). The highest BCUT2D eigenvalue weighted by Crippen LogP contribution is 2.32. The summed E-state index contributed by atoms with van der Waals surface area (Å²) in [6.07, 6.45) is -8.95. The van der Waals surface area contributed by atoms with Crippen molar-refractivity contribution in [3.8, 4) is 0 Å². The minimum Gasteiger partial charge on any atom is -0.466 e. The number of benzene rings is 1. The molecule has 2 unspecified atom stereocenters. The summed E-state index contributed by atoms with van der Waals surface area (Å²) in [7, 11) is 0. The van der Waals surface area contributed by atoms with Crippen LogP contribution in [0.15, 0.2) is 18.2 Å². The number of esters is 1. The van der Waals surface area contributed by atoms with Crippen molar-refractivity contribution in [2.24, 2.45) is 0 Å². The number of carbonyl (C=O) groups is 1. The third kappa shape index (κ3) is 4.98. The second kappa shape index (κ2) is 6.86. The van der Waals surface area contributed by atoms with Gasteiger partial charge in [-0.15, -0.1) is 0 Å². The summed E-state index contributed by atoms with van der Waals surface area (Å²) in [4.78, 5) is 11.1. The van der Waals surface area contributed by atoms with E-state index in [0.717, 1.165) is 0 Å². The molecule has 4 nitrogen and oxygen atoms in total. The van der Waals surface area contributed by atoms with Gasteiger partial charge in [-0.25, -0.2) is 4.39 Å². The van der Waals surface area contributed by atoms with E-state index in [9.17, 15) is 32.6 Å². The molecule has 0 spiro atoms. The molecular formula is C13H14F4O4. The fraction of sp³-hybridized carbons (Fsp3) is 0.462. The number of halogens is 4. The van der Waals surface area contributed by atoms with Crippen LogP contribution in [-0.4, -0.2) is 28.9 Å². The third-order valence-corrected chi connectivity index (χ3v) is 2.63. The van der Waals surface area contributed by atoms with Crippen LogP contribution in [0, 0.1) is 5.82 Å². The van der Waals surface area contributed by atoms with Gasteiger partial charge in [0.05, 0.1) is 24.7 Å². The molecule has 1 aromatic carbocycles. The van der Waals surface area contributed by atoms with E-state index in [0.29, 0.717) is 12.1 Å². The minimum atomic E-state index is -4.79. The number of rotatable bonds is 5. The van der Waals surface area contributed by atoms with Crippen molar-refractivity contribution in [1.29, 1.82) is 0 Å². The summed E-state index contributed by atoms with van der Waals surface area (Å²) in [5, 5.41) is 19.3. The van der Waals surface area contributed by atoms with Crippen molar-refractivity contribution in [2.45, 2.75) is 31.7 Å². The zero-order valence-corrected chi connectivity index (χ0v) is 11.0. The van der Waals surface area contributed by atoms with E-state index < -0.39 is 47.7 Å². The van der Waals surface area contributed by atoms with Gasteiger partial charge in [-0.1, -0.05) is 0 Å². The third-order valence-electron chi connectivity index (χ3n) is 2.63. The molecule has 0 aromatic heterocycles. The number of alkyl halides is 3. The molecule has 0 aliphatic heterocycles. The maximum absolute atomic E-state index is 13.2. The number of aliphatic hydroxyl groups is 2. The number of hydrogen-bond acceptors (Lipinski definition) is 4. The van der Waals surface area contributed by atoms with E-state index in [4.69, 9.17) is 0 Å². The van der Waals surface area contributed by atoms with Crippen LogP contribution in [0.1, 0.15) is 30.6 Å². The van der Waals surface area contributed by atoms with Crippen molar-refractivity contribution >= 4 is 5.97 Å². The van der Waals surface area contributed by atoms with Crippen LogP contribution < -0.4 is 0 Å². The Kier molecular flexibility index (Phi) is 5.68. The highest BCUT2D eigenvalue weighted by atomic mass is 19.4. The van der Waals surface area contributed by atoms with Crippen LogP contribution in [0.2, 0.25) is 0 Å². The van der Waals surface area contributed by atoms with Crippen LogP contribution in [0.3, 0.4) is 0 Å². The standard InChI is InChI=1S/C13H14F4O4/c1-2-21-11(19)6-10(18)12(20)7-3-8(13(15,16)17)5-9(14)4-7/h3-5,10,12,18,20H,2,6H2,1H3. The molecule has 8 heteroatoms. The first-order chi connectivity index (χ1) is 9.65. The van der Waals surface area contributed by atoms with Crippen LogP contribution in [-0.2, 0) is 15.7 Å². The van der Waals surface area contributed by atoms with Gasteiger partial charge in [0.1, 0.15) is 11.9 Å². The molecule has 0 saturated heterocycles. The Bertz CT molecular complexity index is 501. The Morgan fingerprint density at radius 2 is 1.90 bits per heavy atom. The van der Waals surface area contributed by atoms with Gasteiger partial charge in [0.25, 0.3) is 0 Å². The molecular weight excluding hydrogens is 296 g/mol. The van der Waals surface area contributed by atoms with E-state index in [2.05, 4.69) is 4.74 Å². The van der Waals surface area contributed by atoms with Gasteiger partial charge in [0.2, 0.25) is 0 Å². The average Bonchev–Trinajstić information content (AvgIpc) is 2.36. The molecule has 2 atom stereocenters. The van der Waals surface area contributed by atoms with Crippen molar-refractivity contribution in [3.63, 3.8) is 0 Å². The van der Waals surface area contributed by atoms with E-state index in [1.165, 1.54) is 6.92 Å². The van der Waals surface area contributed by atoms with Gasteiger partial charge in [0, 0.05) is 0 Å². The maximum Gasteiger partial charge on any atom is 0.416 e. The monoisotopic (exact) mass is 310 g/mol. The smallest absolute Gasteiger partial charge is 0.416 e. The first-order valence-electron chi connectivity index (χ1n) is 6.04. The molecule has 0 radical (unpaired) electrons. The predicted octanol–water partition coefficient (Wildman–Crippen LogP) is 2.19. The fourth-order valence-electron chi connectivity index (χ4n) is 1.67. The lowest BCUT2D eigenvalue weighted by molar-refractivity contribution is -0.147. The van der Waals surface area contributed by atoms with Crippen molar-refractivity contribution < 1.29 is 37.3 Å². The van der Waals surface area contributed by atoms with E-state index in [1.54, 1.807) is 0 Å². The number of carbonyl (C=O) groups excluding carboxylic acids is 1. The first-order valence-corrected chi connectivity index (χ1v) is 6.04. The van der Waals surface area contributed by atoms with Crippen LogP contribution in [0.5, 0.6) is 0 Å². The van der Waals surface area contributed by atoms with Crippen molar-refractivity contribution in [2.75, 3.05) is 6.61 Å². The molecule has 0 saturated carbocycles. The predicted molar refractivity (Wildman–Crippen MR) is 63.6 cm³/mol. The SMILES string of the molecule is CCOC(=O)CC(O)C(O)c1cc(F)cc(C(F)(F)F)c1.